The Bertz CT molecular complexity index is 249. The summed E-state index contributed by atoms with van der Waals surface area (Å²) in [6.07, 6.45) is 1.91. The van der Waals surface area contributed by atoms with Crippen LogP contribution in [0.4, 0.5) is 0 Å². The Morgan fingerprint density at radius 1 is 1.08 bits per heavy atom. The van der Waals surface area contributed by atoms with Gasteiger partial charge in [-0.1, -0.05) is 0 Å². The second kappa shape index (κ2) is 1.88. The van der Waals surface area contributed by atoms with E-state index < -0.39 is 0 Å². The van der Waals surface area contributed by atoms with E-state index in [2.05, 4.69) is 5.32 Å². The topological polar surface area (TPSA) is 55.4 Å². The summed E-state index contributed by atoms with van der Waals surface area (Å²) in [5, 5.41) is 2.36. The number of fused-ring (bicyclic) bond motifs is 5. The average molecular weight is 167 g/mol. The number of carbonyl (C=O) groups excluding carboxylic acids is 2. The molecule has 12 heavy (non-hydrogen) atoms. The standard InChI is InChI=1S/C8H9NO3/c10-7-5-3-1-2-4(12-3)6(5)8(11)9-7/h3-6H,1-2H2,(H,9,10,11)/t3-,4?,5+,6-/m0/s1. The number of rotatable bonds is 0. The lowest BCUT2D eigenvalue weighted by Gasteiger charge is -2.15. The first-order valence-corrected chi connectivity index (χ1v) is 4.27. The molecular formula is C8H9NO3. The van der Waals surface area contributed by atoms with E-state index in [0.29, 0.717) is 0 Å². The number of carbonyl (C=O) groups is 2. The smallest absolute Gasteiger partial charge is 0.233 e. The molecule has 1 unspecified atom stereocenters. The van der Waals surface area contributed by atoms with E-state index in [4.69, 9.17) is 4.74 Å². The minimum absolute atomic E-state index is 0.0199. The molecule has 0 radical (unpaired) electrons. The Kier molecular flexibility index (Phi) is 1.03. The molecule has 3 rings (SSSR count). The number of hydrogen-bond acceptors (Lipinski definition) is 3. The Morgan fingerprint density at radius 3 is 2.08 bits per heavy atom. The number of ether oxygens (including phenoxy) is 1. The summed E-state index contributed by atoms with van der Waals surface area (Å²) >= 11 is 0. The summed E-state index contributed by atoms with van der Waals surface area (Å²) in [5.74, 6) is -0.595. The molecule has 4 nitrogen and oxygen atoms in total. The van der Waals surface area contributed by atoms with Crippen LogP contribution in [0.25, 0.3) is 0 Å². The summed E-state index contributed by atoms with van der Waals surface area (Å²) in [7, 11) is 0. The number of hydrogen-bond donors (Lipinski definition) is 1. The van der Waals surface area contributed by atoms with Gasteiger partial charge in [0.25, 0.3) is 0 Å². The molecular weight excluding hydrogens is 158 g/mol. The van der Waals surface area contributed by atoms with Crippen LogP contribution in [0.15, 0.2) is 0 Å². The van der Waals surface area contributed by atoms with Crippen molar-refractivity contribution in [2.24, 2.45) is 11.8 Å². The van der Waals surface area contributed by atoms with Crippen LogP contribution in [0.1, 0.15) is 12.8 Å². The van der Waals surface area contributed by atoms with Crippen LogP contribution in [0.3, 0.4) is 0 Å². The van der Waals surface area contributed by atoms with Crippen molar-refractivity contribution in [3.05, 3.63) is 0 Å². The van der Waals surface area contributed by atoms with Gasteiger partial charge >= 0.3 is 0 Å². The third-order valence-electron chi connectivity index (χ3n) is 3.13. The lowest BCUT2D eigenvalue weighted by molar-refractivity contribution is -0.128. The van der Waals surface area contributed by atoms with Crippen molar-refractivity contribution in [3.63, 3.8) is 0 Å². The van der Waals surface area contributed by atoms with Gasteiger partial charge in [0.1, 0.15) is 0 Å². The van der Waals surface area contributed by atoms with Crippen molar-refractivity contribution >= 4 is 11.8 Å². The van der Waals surface area contributed by atoms with Gasteiger partial charge < -0.3 is 4.74 Å². The van der Waals surface area contributed by atoms with Crippen molar-refractivity contribution < 1.29 is 14.3 Å². The lowest BCUT2D eigenvalue weighted by atomic mass is 9.81. The SMILES string of the molecule is O=C1NC(=O)[C@H]2C3CC[C@H](O3)[C@@H]12. The Morgan fingerprint density at radius 2 is 1.58 bits per heavy atom. The molecule has 3 saturated heterocycles. The fraction of sp³-hybridized carbons (Fsp3) is 0.750. The van der Waals surface area contributed by atoms with E-state index in [1.165, 1.54) is 0 Å². The van der Waals surface area contributed by atoms with Gasteiger partial charge in [-0.15, -0.1) is 0 Å². The molecule has 64 valence electrons. The highest BCUT2D eigenvalue weighted by Crippen LogP contribution is 2.45. The third-order valence-corrected chi connectivity index (χ3v) is 3.13. The number of imide groups is 1. The van der Waals surface area contributed by atoms with Crippen molar-refractivity contribution in [3.8, 4) is 0 Å². The molecule has 3 aliphatic heterocycles. The Labute approximate surface area is 69.3 Å². The second-order valence-corrected chi connectivity index (χ2v) is 3.70. The fourth-order valence-electron chi connectivity index (χ4n) is 2.63. The number of amides is 2. The predicted molar refractivity (Wildman–Crippen MR) is 38.0 cm³/mol. The highest BCUT2D eigenvalue weighted by Gasteiger charge is 2.59. The summed E-state index contributed by atoms with van der Waals surface area (Å²) in [4.78, 5) is 22.5. The van der Waals surface area contributed by atoms with Crippen LogP contribution >= 0.6 is 0 Å². The van der Waals surface area contributed by atoms with Gasteiger partial charge in [-0.25, -0.2) is 0 Å². The van der Waals surface area contributed by atoms with Crippen molar-refractivity contribution in [1.82, 2.24) is 5.32 Å². The molecule has 3 fully saturated rings. The zero-order chi connectivity index (χ0) is 8.29. The summed E-state index contributed by atoms with van der Waals surface area (Å²) in [6, 6.07) is 0. The van der Waals surface area contributed by atoms with Crippen LogP contribution < -0.4 is 5.32 Å². The van der Waals surface area contributed by atoms with Crippen LogP contribution in [-0.4, -0.2) is 24.0 Å². The maximum Gasteiger partial charge on any atom is 0.233 e. The van der Waals surface area contributed by atoms with Crippen molar-refractivity contribution in [1.29, 1.82) is 0 Å². The zero-order valence-electron chi connectivity index (χ0n) is 6.45. The highest BCUT2D eigenvalue weighted by molar-refractivity contribution is 6.06. The molecule has 0 aliphatic carbocycles. The molecule has 2 bridgehead atoms. The summed E-state index contributed by atoms with van der Waals surface area (Å²) in [6.45, 7) is 0. The first kappa shape index (κ1) is 6.60. The molecule has 1 N–H and O–H groups in total. The van der Waals surface area contributed by atoms with Gasteiger partial charge in [-0.2, -0.15) is 0 Å². The molecule has 0 aromatic heterocycles. The van der Waals surface area contributed by atoms with Gasteiger partial charge in [0.05, 0.1) is 24.0 Å². The first-order chi connectivity index (χ1) is 5.77. The Hall–Kier alpha value is -0.900. The van der Waals surface area contributed by atoms with Crippen LogP contribution in [-0.2, 0) is 14.3 Å². The molecule has 3 heterocycles. The average Bonchev–Trinajstić information content (AvgIpc) is 2.64. The Balaban J connectivity index is 2.03. The second-order valence-electron chi connectivity index (χ2n) is 3.70. The first-order valence-electron chi connectivity index (χ1n) is 4.27. The van der Waals surface area contributed by atoms with Gasteiger partial charge in [-0.05, 0) is 12.8 Å². The molecule has 3 aliphatic rings. The van der Waals surface area contributed by atoms with Gasteiger partial charge in [-0.3, -0.25) is 14.9 Å². The maximum absolute atomic E-state index is 11.2. The minimum atomic E-state index is -0.170. The highest BCUT2D eigenvalue weighted by atomic mass is 16.5. The molecule has 0 aromatic rings. The van der Waals surface area contributed by atoms with E-state index in [9.17, 15) is 9.59 Å². The van der Waals surface area contributed by atoms with Crippen molar-refractivity contribution in [2.45, 2.75) is 25.0 Å². The molecule has 0 aromatic carbocycles. The molecule has 0 spiro atoms. The van der Waals surface area contributed by atoms with E-state index in [0.717, 1.165) is 12.8 Å². The quantitative estimate of drug-likeness (QED) is 0.492. The third kappa shape index (κ3) is 0.579. The monoisotopic (exact) mass is 167 g/mol. The van der Waals surface area contributed by atoms with Crippen LogP contribution in [0, 0.1) is 11.8 Å². The normalized spacial score (nSPS) is 49.7. The van der Waals surface area contributed by atoms with E-state index in [1.54, 1.807) is 0 Å². The lowest BCUT2D eigenvalue weighted by Crippen LogP contribution is -2.29. The van der Waals surface area contributed by atoms with E-state index in [1.807, 2.05) is 0 Å². The summed E-state index contributed by atoms with van der Waals surface area (Å²) < 4.78 is 5.50. The minimum Gasteiger partial charge on any atom is -0.373 e. The molecule has 0 saturated carbocycles. The van der Waals surface area contributed by atoms with Gasteiger partial charge in [0.2, 0.25) is 11.8 Å². The maximum atomic E-state index is 11.2. The zero-order valence-corrected chi connectivity index (χ0v) is 6.45. The summed E-state index contributed by atoms with van der Waals surface area (Å²) in [5.41, 5.74) is 0. The van der Waals surface area contributed by atoms with Gasteiger partial charge in [0.15, 0.2) is 0 Å². The molecule has 4 heteroatoms. The molecule has 4 atom stereocenters. The van der Waals surface area contributed by atoms with Gasteiger partial charge in [0, 0.05) is 0 Å². The predicted octanol–water partition coefficient (Wildman–Crippen LogP) is -0.564. The largest absolute Gasteiger partial charge is 0.373 e. The van der Waals surface area contributed by atoms with E-state index >= 15 is 0 Å². The fourth-order valence-corrected chi connectivity index (χ4v) is 2.63. The van der Waals surface area contributed by atoms with Crippen LogP contribution in [0.2, 0.25) is 0 Å². The van der Waals surface area contributed by atoms with Crippen LogP contribution in [0.5, 0.6) is 0 Å². The molecule has 2 amide bonds. The van der Waals surface area contributed by atoms with E-state index in [-0.39, 0.29) is 35.9 Å². The van der Waals surface area contributed by atoms with Crippen molar-refractivity contribution in [2.75, 3.05) is 0 Å². The number of nitrogens with one attached hydrogen (secondary N) is 1.